The Bertz CT molecular complexity index is 652. The number of nitro benzene ring substituents is 1. The average molecular weight is 317 g/mol. The molecule has 0 spiro atoms. The highest BCUT2D eigenvalue weighted by atomic mass is 35.5. The third kappa shape index (κ3) is 3.48. The molecule has 108 valence electrons. The van der Waals surface area contributed by atoms with Gasteiger partial charge in [0, 0.05) is 18.7 Å². The van der Waals surface area contributed by atoms with Crippen molar-refractivity contribution in [1.82, 2.24) is 4.31 Å². The molecular formula is C12H13ClN2O4S. The van der Waals surface area contributed by atoms with Gasteiger partial charge in [0.15, 0.2) is 0 Å². The molecule has 0 saturated heterocycles. The van der Waals surface area contributed by atoms with E-state index in [0.29, 0.717) is 6.42 Å². The van der Waals surface area contributed by atoms with E-state index in [4.69, 9.17) is 18.0 Å². The topological polar surface area (TPSA) is 80.5 Å². The third-order valence-electron chi connectivity index (χ3n) is 2.48. The molecule has 1 rings (SSSR count). The van der Waals surface area contributed by atoms with Gasteiger partial charge < -0.3 is 0 Å². The number of hydrogen-bond donors (Lipinski definition) is 0. The number of rotatable bonds is 6. The Balaban J connectivity index is 3.27. The van der Waals surface area contributed by atoms with Crippen molar-refractivity contribution in [3.8, 4) is 12.3 Å². The fourth-order valence-corrected chi connectivity index (χ4v) is 3.55. The molecule has 8 heteroatoms. The average Bonchev–Trinajstić information content (AvgIpc) is 2.37. The minimum absolute atomic E-state index is 0.0799. The van der Waals surface area contributed by atoms with Crippen molar-refractivity contribution in [2.45, 2.75) is 18.2 Å². The van der Waals surface area contributed by atoms with E-state index in [-0.39, 0.29) is 28.7 Å². The first kappa shape index (κ1) is 16.4. The van der Waals surface area contributed by atoms with Gasteiger partial charge in [-0.25, -0.2) is 8.42 Å². The summed E-state index contributed by atoms with van der Waals surface area (Å²) in [7, 11) is -3.86. The van der Waals surface area contributed by atoms with Crippen LogP contribution in [0, 0.1) is 22.5 Å². The van der Waals surface area contributed by atoms with E-state index >= 15 is 0 Å². The van der Waals surface area contributed by atoms with Crippen LogP contribution in [0.2, 0.25) is 5.02 Å². The SMILES string of the molecule is C#CCN(CCC)S(=O)(=O)c1ccc([N+](=O)[O-])cc1Cl. The van der Waals surface area contributed by atoms with Crippen LogP contribution in [0.1, 0.15) is 13.3 Å². The third-order valence-corrected chi connectivity index (χ3v) is 4.81. The molecule has 0 bridgehead atoms. The maximum atomic E-state index is 12.4. The highest BCUT2D eigenvalue weighted by Crippen LogP contribution is 2.28. The lowest BCUT2D eigenvalue weighted by Gasteiger charge is -2.19. The van der Waals surface area contributed by atoms with Crippen molar-refractivity contribution in [3.63, 3.8) is 0 Å². The zero-order valence-corrected chi connectivity index (χ0v) is 12.3. The van der Waals surface area contributed by atoms with E-state index in [1.807, 2.05) is 6.92 Å². The number of terminal acetylenes is 1. The lowest BCUT2D eigenvalue weighted by Crippen LogP contribution is -2.32. The Kier molecular flexibility index (Phi) is 5.51. The van der Waals surface area contributed by atoms with Crippen LogP contribution in [-0.4, -0.2) is 30.7 Å². The Labute approximate surface area is 122 Å². The highest BCUT2D eigenvalue weighted by molar-refractivity contribution is 7.89. The van der Waals surface area contributed by atoms with Crippen LogP contribution in [-0.2, 0) is 10.0 Å². The van der Waals surface area contributed by atoms with E-state index < -0.39 is 14.9 Å². The van der Waals surface area contributed by atoms with Crippen LogP contribution in [0.4, 0.5) is 5.69 Å². The predicted molar refractivity (Wildman–Crippen MR) is 76.0 cm³/mol. The molecule has 0 saturated carbocycles. The summed E-state index contributed by atoms with van der Waals surface area (Å²) in [6, 6.07) is 3.22. The quantitative estimate of drug-likeness (QED) is 0.458. The van der Waals surface area contributed by atoms with Gasteiger partial charge in [0.05, 0.1) is 16.5 Å². The fraction of sp³-hybridized carbons (Fsp3) is 0.333. The number of halogens is 1. The number of non-ortho nitro benzene ring substituents is 1. The normalized spacial score (nSPS) is 11.3. The molecule has 0 heterocycles. The molecular weight excluding hydrogens is 304 g/mol. The molecule has 0 amide bonds. The first-order chi connectivity index (χ1) is 9.34. The zero-order chi connectivity index (χ0) is 15.3. The Morgan fingerprint density at radius 2 is 2.15 bits per heavy atom. The molecule has 6 nitrogen and oxygen atoms in total. The molecule has 0 N–H and O–H groups in total. The number of nitro groups is 1. The van der Waals surface area contributed by atoms with Gasteiger partial charge >= 0.3 is 0 Å². The smallest absolute Gasteiger partial charge is 0.258 e. The predicted octanol–water partition coefficient (Wildman–Crippen LogP) is 2.28. The van der Waals surface area contributed by atoms with E-state index in [0.717, 1.165) is 22.5 Å². The lowest BCUT2D eigenvalue weighted by molar-refractivity contribution is -0.384. The first-order valence-corrected chi connectivity index (χ1v) is 7.54. The molecule has 0 aliphatic heterocycles. The van der Waals surface area contributed by atoms with E-state index in [2.05, 4.69) is 5.92 Å². The summed E-state index contributed by atoms with van der Waals surface area (Å²) in [5.74, 6) is 2.27. The Morgan fingerprint density at radius 3 is 2.60 bits per heavy atom. The monoisotopic (exact) mass is 316 g/mol. The molecule has 0 aromatic heterocycles. The van der Waals surface area contributed by atoms with Crippen molar-refractivity contribution in [2.24, 2.45) is 0 Å². The molecule has 0 aliphatic rings. The van der Waals surface area contributed by atoms with Gasteiger partial charge in [-0.2, -0.15) is 4.31 Å². The molecule has 0 aliphatic carbocycles. The maximum absolute atomic E-state index is 12.4. The van der Waals surface area contributed by atoms with Gasteiger partial charge in [0.25, 0.3) is 5.69 Å². The van der Waals surface area contributed by atoms with Gasteiger partial charge in [-0.05, 0) is 12.5 Å². The summed E-state index contributed by atoms with van der Waals surface area (Å²) < 4.78 is 25.9. The zero-order valence-electron chi connectivity index (χ0n) is 10.7. The second-order valence-electron chi connectivity index (χ2n) is 3.91. The van der Waals surface area contributed by atoms with Gasteiger partial charge in [-0.3, -0.25) is 10.1 Å². The molecule has 0 unspecified atom stereocenters. The second kappa shape index (κ2) is 6.70. The van der Waals surface area contributed by atoms with Crippen LogP contribution in [0.25, 0.3) is 0 Å². The van der Waals surface area contributed by atoms with Crippen LogP contribution in [0.3, 0.4) is 0 Å². The maximum Gasteiger partial charge on any atom is 0.271 e. The van der Waals surface area contributed by atoms with E-state index in [1.165, 1.54) is 0 Å². The van der Waals surface area contributed by atoms with Gasteiger partial charge in [0.2, 0.25) is 10.0 Å². The van der Waals surface area contributed by atoms with Crippen molar-refractivity contribution in [3.05, 3.63) is 33.3 Å². The van der Waals surface area contributed by atoms with Gasteiger partial charge in [-0.15, -0.1) is 6.42 Å². The van der Waals surface area contributed by atoms with Crippen LogP contribution >= 0.6 is 11.6 Å². The van der Waals surface area contributed by atoms with Crippen molar-refractivity contribution < 1.29 is 13.3 Å². The first-order valence-electron chi connectivity index (χ1n) is 5.72. The molecule has 0 fully saturated rings. The van der Waals surface area contributed by atoms with Gasteiger partial charge in [0.1, 0.15) is 4.90 Å². The summed E-state index contributed by atoms with van der Waals surface area (Å²) in [4.78, 5) is 9.78. The minimum Gasteiger partial charge on any atom is -0.258 e. The molecule has 0 radical (unpaired) electrons. The minimum atomic E-state index is -3.86. The van der Waals surface area contributed by atoms with Crippen LogP contribution in [0.15, 0.2) is 23.1 Å². The fourth-order valence-electron chi connectivity index (χ4n) is 1.59. The largest absolute Gasteiger partial charge is 0.271 e. The molecule has 0 atom stereocenters. The number of nitrogens with zero attached hydrogens (tertiary/aromatic N) is 2. The molecule has 1 aromatic carbocycles. The standard InChI is InChI=1S/C12H13ClN2O4S/c1-3-7-14(8-4-2)20(18,19)12-6-5-10(15(16)17)9-11(12)13/h1,5-6,9H,4,7-8H2,2H3. The summed E-state index contributed by atoms with van der Waals surface area (Å²) in [6.45, 7) is 1.99. The van der Waals surface area contributed by atoms with Gasteiger partial charge in [-0.1, -0.05) is 24.4 Å². The number of benzene rings is 1. The molecule has 20 heavy (non-hydrogen) atoms. The van der Waals surface area contributed by atoms with Crippen molar-refractivity contribution >= 4 is 27.3 Å². The van der Waals surface area contributed by atoms with Crippen molar-refractivity contribution in [2.75, 3.05) is 13.1 Å². The van der Waals surface area contributed by atoms with Crippen LogP contribution in [0.5, 0.6) is 0 Å². The highest BCUT2D eigenvalue weighted by Gasteiger charge is 2.26. The summed E-state index contributed by atoms with van der Waals surface area (Å²) in [6.07, 6.45) is 5.75. The van der Waals surface area contributed by atoms with Crippen LogP contribution < -0.4 is 0 Å². The number of sulfonamides is 1. The second-order valence-corrected chi connectivity index (χ2v) is 6.23. The Morgan fingerprint density at radius 1 is 1.50 bits per heavy atom. The lowest BCUT2D eigenvalue weighted by atomic mass is 10.3. The summed E-state index contributed by atoms with van der Waals surface area (Å²) >= 11 is 5.84. The van der Waals surface area contributed by atoms with E-state index in [9.17, 15) is 18.5 Å². The summed E-state index contributed by atoms with van der Waals surface area (Å²) in [5.41, 5.74) is -0.270. The summed E-state index contributed by atoms with van der Waals surface area (Å²) in [5, 5.41) is 10.4. The van der Waals surface area contributed by atoms with E-state index in [1.54, 1.807) is 0 Å². The Hall–Kier alpha value is -1.62. The number of hydrogen-bond acceptors (Lipinski definition) is 4. The van der Waals surface area contributed by atoms with Crippen molar-refractivity contribution in [1.29, 1.82) is 0 Å². The molecule has 1 aromatic rings.